The monoisotopic (exact) mass is 425 g/mol. The number of aryl methyl sites for hydroxylation is 1. The quantitative estimate of drug-likeness (QED) is 0.239. The van der Waals surface area contributed by atoms with Gasteiger partial charge in [-0.05, 0) is 35.4 Å². The maximum Gasteiger partial charge on any atom is 0.0794 e. The van der Waals surface area contributed by atoms with Gasteiger partial charge in [0, 0.05) is 41.9 Å². The summed E-state index contributed by atoms with van der Waals surface area (Å²) in [5, 5.41) is 8.96. The Balaban J connectivity index is 1.72. The van der Waals surface area contributed by atoms with Crippen molar-refractivity contribution < 1.29 is 0 Å². The molecule has 0 saturated heterocycles. The van der Waals surface area contributed by atoms with Gasteiger partial charge in [-0.25, -0.2) is 4.98 Å². The summed E-state index contributed by atoms with van der Waals surface area (Å²) in [5.41, 5.74) is 4.60. The predicted molar refractivity (Wildman–Crippen MR) is 140 cm³/mol. The largest absolute Gasteiger partial charge is 0.247 e. The second-order valence-corrected chi connectivity index (χ2v) is 9.47. The minimum Gasteiger partial charge on any atom is -0.247 e. The first-order valence-corrected chi connectivity index (χ1v) is 11.7. The molecule has 0 N–H and O–H groups in total. The number of hydrogen-bond donors (Lipinski definition) is 0. The Morgan fingerprint density at radius 2 is 1.25 bits per heavy atom. The van der Waals surface area contributed by atoms with Gasteiger partial charge < -0.3 is 0 Å². The van der Waals surface area contributed by atoms with Crippen LogP contribution in [-0.2, 0) is 0 Å². The van der Waals surface area contributed by atoms with Crippen LogP contribution in [0.3, 0.4) is 0 Å². The van der Waals surface area contributed by atoms with E-state index in [0.29, 0.717) is 0 Å². The van der Waals surface area contributed by atoms with E-state index in [2.05, 4.69) is 104 Å². The zero-order chi connectivity index (χ0) is 21.2. The molecule has 7 aromatic rings. The molecular weight excluding hydrogens is 406 g/mol. The lowest BCUT2D eigenvalue weighted by atomic mass is 9.94. The van der Waals surface area contributed by atoms with E-state index in [1.54, 1.807) is 0 Å². The molecule has 0 amide bonds. The van der Waals surface area contributed by atoms with Crippen LogP contribution < -0.4 is 0 Å². The molecule has 1 nitrogen and oxygen atoms in total. The molecule has 2 heterocycles. The molecule has 0 saturated carbocycles. The van der Waals surface area contributed by atoms with E-state index >= 15 is 0 Å². The van der Waals surface area contributed by atoms with E-state index in [1.165, 1.54) is 58.2 Å². The molecule has 0 aliphatic heterocycles. The van der Waals surface area contributed by atoms with E-state index in [-0.39, 0.29) is 0 Å². The number of pyridine rings is 1. The number of para-hydroxylation sites is 1. The van der Waals surface area contributed by atoms with Crippen LogP contribution in [0.25, 0.3) is 63.9 Å². The average molecular weight is 426 g/mol. The zero-order valence-electron chi connectivity index (χ0n) is 17.6. The van der Waals surface area contributed by atoms with Crippen molar-refractivity contribution in [2.24, 2.45) is 0 Å². The summed E-state index contributed by atoms with van der Waals surface area (Å²) in [6.45, 7) is 2.18. The first-order chi connectivity index (χ1) is 15.8. The lowest BCUT2D eigenvalue weighted by molar-refractivity contribution is 1.43. The number of benzene rings is 5. The molecule has 0 radical (unpaired) electrons. The topological polar surface area (TPSA) is 12.9 Å². The minimum atomic E-state index is 1.05. The van der Waals surface area contributed by atoms with Crippen LogP contribution >= 0.6 is 11.3 Å². The van der Waals surface area contributed by atoms with E-state index in [0.717, 1.165) is 11.2 Å². The molecule has 5 aromatic carbocycles. The van der Waals surface area contributed by atoms with Gasteiger partial charge in [0.15, 0.2) is 0 Å². The Labute approximate surface area is 189 Å². The van der Waals surface area contributed by atoms with Gasteiger partial charge in [0.1, 0.15) is 0 Å². The molecule has 150 valence electrons. The van der Waals surface area contributed by atoms with Crippen molar-refractivity contribution in [3.05, 3.63) is 103 Å². The molecular formula is C30H19NS. The van der Waals surface area contributed by atoms with Gasteiger partial charge in [-0.2, -0.15) is 0 Å². The Kier molecular flexibility index (Phi) is 3.70. The summed E-state index contributed by atoms with van der Waals surface area (Å²) < 4.78 is 2.68. The van der Waals surface area contributed by atoms with E-state index < -0.39 is 0 Å². The van der Waals surface area contributed by atoms with Gasteiger partial charge in [-0.15, -0.1) is 11.3 Å². The summed E-state index contributed by atoms with van der Waals surface area (Å²) >= 11 is 1.89. The molecule has 0 atom stereocenters. The second kappa shape index (κ2) is 6.62. The van der Waals surface area contributed by atoms with E-state index in [4.69, 9.17) is 4.98 Å². The summed E-state index contributed by atoms with van der Waals surface area (Å²) in [4.78, 5) is 5.22. The Bertz CT molecular complexity index is 1840. The second-order valence-electron chi connectivity index (χ2n) is 8.42. The summed E-state index contributed by atoms with van der Waals surface area (Å²) in [6, 6.07) is 35.0. The third-order valence-electron chi connectivity index (χ3n) is 6.60. The molecule has 7 rings (SSSR count). The first-order valence-electron chi connectivity index (χ1n) is 10.9. The number of fused-ring (bicyclic) bond motifs is 8. The first kappa shape index (κ1) is 17.9. The number of aromatic nitrogens is 1. The SMILES string of the molecule is Cc1ccc(-c2nc3ccccc3c3c2ccc2c4ccccc4sc23)c2ccccc12. The molecule has 2 heteroatoms. The Hall–Kier alpha value is -3.75. The summed E-state index contributed by atoms with van der Waals surface area (Å²) in [6.07, 6.45) is 0. The zero-order valence-corrected chi connectivity index (χ0v) is 18.4. The number of rotatable bonds is 1. The van der Waals surface area contributed by atoms with Gasteiger partial charge in [0.25, 0.3) is 0 Å². The standard InChI is InChI=1S/C30H19NS/c1-18-14-15-22(20-9-3-2-8-19(18)20)29-25-17-16-23-21-10-5-7-13-27(21)32-30(23)28(25)24-11-4-6-12-26(24)31-29/h2-17H,1H3. The molecule has 0 aliphatic carbocycles. The highest BCUT2D eigenvalue weighted by Gasteiger charge is 2.17. The van der Waals surface area contributed by atoms with Crippen LogP contribution in [0.2, 0.25) is 0 Å². The highest BCUT2D eigenvalue weighted by Crippen LogP contribution is 2.44. The van der Waals surface area contributed by atoms with Gasteiger partial charge >= 0.3 is 0 Å². The number of thiophene rings is 1. The molecule has 2 aromatic heterocycles. The summed E-state index contributed by atoms with van der Waals surface area (Å²) in [5.74, 6) is 0. The molecule has 0 unspecified atom stereocenters. The van der Waals surface area contributed by atoms with Crippen LogP contribution in [0.4, 0.5) is 0 Å². The smallest absolute Gasteiger partial charge is 0.0794 e. The van der Waals surface area contributed by atoms with E-state index in [1.807, 2.05) is 11.3 Å². The van der Waals surface area contributed by atoms with Gasteiger partial charge in [0.2, 0.25) is 0 Å². The maximum atomic E-state index is 5.22. The predicted octanol–water partition coefficient (Wildman–Crippen LogP) is 8.88. The van der Waals surface area contributed by atoms with E-state index in [9.17, 15) is 0 Å². The minimum absolute atomic E-state index is 1.05. The number of hydrogen-bond acceptors (Lipinski definition) is 2. The number of nitrogens with zero attached hydrogens (tertiary/aromatic N) is 1. The van der Waals surface area contributed by atoms with Crippen molar-refractivity contribution in [3.63, 3.8) is 0 Å². The maximum absolute atomic E-state index is 5.22. The highest BCUT2D eigenvalue weighted by atomic mass is 32.1. The van der Waals surface area contributed by atoms with Crippen LogP contribution in [0.1, 0.15) is 5.56 Å². The molecule has 0 aliphatic rings. The summed E-state index contributed by atoms with van der Waals surface area (Å²) in [7, 11) is 0. The van der Waals surface area contributed by atoms with Crippen molar-refractivity contribution in [3.8, 4) is 11.3 Å². The fourth-order valence-corrected chi connectivity index (χ4v) is 6.34. The van der Waals surface area contributed by atoms with Crippen LogP contribution in [0.5, 0.6) is 0 Å². The van der Waals surface area contributed by atoms with Gasteiger partial charge in [-0.1, -0.05) is 84.9 Å². The molecule has 0 bridgehead atoms. The van der Waals surface area contributed by atoms with Crippen molar-refractivity contribution in [1.29, 1.82) is 0 Å². The van der Waals surface area contributed by atoms with Gasteiger partial charge in [-0.3, -0.25) is 0 Å². The third kappa shape index (κ3) is 2.41. The highest BCUT2D eigenvalue weighted by molar-refractivity contribution is 7.26. The lowest BCUT2D eigenvalue weighted by Crippen LogP contribution is -1.92. The van der Waals surface area contributed by atoms with Crippen LogP contribution in [-0.4, -0.2) is 4.98 Å². The lowest BCUT2D eigenvalue weighted by Gasteiger charge is -2.14. The van der Waals surface area contributed by atoms with Crippen molar-refractivity contribution in [1.82, 2.24) is 4.98 Å². The van der Waals surface area contributed by atoms with Crippen LogP contribution in [0.15, 0.2) is 97.1 Å². The van der Waals surface area contributed by atoms with Crippen molar-refractivity contribution in [2.75, 3.05) is 0 Å². The fraction of sp³-hybridized carbons (Fsp3) is 0.0333. The van der Waals surface area contributed by atoms with Crippen LogP contribution in [0, 0.1) is 6.92 Å². The average Bonchev–Trinajstić information content (AvgIpc) is 3.23. The van der Waals surface area contributed by atoms with Gasteiger partial charge in [0.05, 0.1) is 11.2 Å². The third-order valence-corrected chi connectivity index (χ3v) is 7.81. The Morgan fingerprint density at radius 3 is 2.12 bits per heavy atom. The molecule has 0 spiro atoms. The van der Waals surface area contributed by atoms with Crippen molar-refractivity contribution >= 4 is 64.0 Å². The Morgan fingerprint density at radius 1 is 0.562 bits per heavy atom. The van der Waals surface area contributed by atoms with Crippen molar-refractivity contribution in [2.45, 2.75) is 6.92 Å². The molecule has 32 heavy (non-hydrogen) atoms. The normalized spacial score (nSPS) is 11.9. The molecule has 0 fully saturated rings. The fourth-order valence-electron chi connectivity index (χ4n) is 5.08.